The summed E-state index contributed by atoms with van der Waals surface area (Å²) in [6.45, 7) is 2.48. The third-order valence-corrected chi connectivity index (χ3v) is 5.30. The number of rotatable bonds is 6. The Hall–Kier alpha value is -1.95. The predicted octanol–water partition coefficient (Wildman–Crippen LogP) is 3.11. The molecule has 3 aromatic rings. The summed E-state index contributed by atoms with van der Waals surface area (Å²) < 4.78 is 2.11. The Morgan fingerprint density at radius 2 is 1.92 bits per heavy atom. The Morgan fingerprint density at radius 1 is 1.12 bits per heavy atom. The van der Waals surface area contributed by atoms with Crippen molar-refractivity contribution in [2.45, 2.75) is 6.54 Å². The summed E-state index contributed by atoms with van der Waals surface area (Å²) in [5.74, 6) is 0. The molecule has 0 radical (unpaired) electrons. The average molecular weight is 341 g/mol. The van der Waals surface area contributed by atoms with Gasteiger partial charge in [0.15, 0.2) is 5.43 Å². The molecule has 0 bridgehead atoms. The largest absolute Gasteiger partial charge is 0.383 e. The van der Waals surface area contributed by atoms with Crippen molar-refractivity contribution < 1.29 is 0 Å². The van der Waals surface area contributed by atoms with Crippen LogP contribution in [-0.2, 0) is 6.54 Å². The highest BCUT2D eigenvalue weighted by atomic mass is 32.1. The molecule has 0 saturated carbocycles. The van der Waals surface area contributed by atoms with E-state index in [1.54, 1.807) is 11.3 Å². The molecular weight excluding hydrogens is 318 g/mol. The summed E-state index contributed by atoms with van der Waals surface area (Å²) in [5.41, 5.74) is 2.21. The van der Waals surface area contributed by atoms with Crippen LogP contribution in [0.5, 0.6) is 0 Å². The van der Waals surface area contributed by atoms with E-state index in [4.69, 9.17) is 0 Å². The first-order chi connectivity index (χ1) is 11.6. The SMILES string of the molecule is CNCc1ccc(NCCN(C)C)c2c(=O)c3ccccc3sc12. The van der Waals surface area contributed by atoms with Crippen molar-refractivity contribution in [1.29, 1.82) is 0 Å². The van der Waals surface area contributed by atoms with Gasteiger partial charge in [-0.2, -0.15) is 0 Å². The summed E-state index contributed by atoms with van der Waals surface area (Å²) in [6.07, 6.45) is 0. The van der Waals surface area contributed by atoms with Gasteiger partial charge in [0.2, 0.25) is 0 Å². The number of fused-ring (bicyclic) bond motifs is 2. The van der Waals surface area contributed by atoms with Gasteiger partial charge < -0.3 is 15.5 Å². The third-order valence-electron chi connectivity index (χ3n) is 4.05. The fourth-order valence-corrected chi connectivity index (χ4v) is 4.06. The van der Waals surface area contributed by atoms with Gasteiger partial charge in [-0.25, -0.2) is 0 Å². The molecule has 2 N–H and O–H groups in total. The summed E-state index contributed by atoms with van der Waals surface area (Å²) in [6, 6.07) is 12.0. The Kier molecular flexibility index (Phi) is 5.14. The summed E-state index contributed by atoms with van der Waals surface area (Å²) >= 11 is 1.70. The van der Waals surface area contributed by atoms with Crippen LogP contribution >= 0.6 is 11.3 Å². The van der Waals surface area contributed by atoms with Crippen LogP contribution in [0.25, 0.3) is 20.2 Å². The maximum Gasteiger partial charge on any atom is 0.197 e. The van der Waals surface area contributed by atoms with Gasteiger partial charge in [0.05, 0.1) is 5.39 Å². The van der Waals surface area contributed by atoms with Crippen molar-refractivity contribution in [2.75, 3.05) is 39.5 Å². The molecular formula is C19H23N3OS. The van der Waals surface area contributed by atoms with E-state index in [2.05, 4.69) is 21.6 Å². The highest BCUT2D eigenvalue weighted by Crippen LogP contribution is 2.31. The molecule has 0 aliphatic rings. The van der Waals surface area contributed by atoms with Crippen LogP contribution in [0, 0.1) is 0 Å². The molecule has 24 heavy (non-hydrogen) atoms. The molecule has 0 spiro atoms. The number of nitrogens with zero attached hydrogens (tertiary/aromatic N) is 1. The molecule has 5 heteroatoms. The molecule has 2 aromatic carbocycles. The topological polar surface area (TPSA) is 44.4 Å². The fourth-order valence-electron chi connectivity index (χ4n) is 2.85. The molecule has 0 atom stereocenters. The van der Waals surface area contributed by atoms with E-state index < -0.39 is 0 Å². The maximum absolute atomic E-state index is 13.1. The monoisotopic (exact) mass is 341 g/mol. The first-order valence-corrected chi connectivity index (χ1v) is 8.94. The lowest BCUT2D eigenvalue weighted by atomic mass is 10.1. The van der Waals surface area contributed by atoms with Crippen LogP contribution in [0.4, 0.5) is 5.69 Å². The van der Waals surface area contributed by atoms with Crippen LogP contribution < -0.4 is 16.1 Å². The zero-order valence-corrected chi connectivity index (χ0v) is 15.2. The highest BCUT2D eigenvalue weighted by Gasteiger charge is 2.13. The van der Waals surface area contributed by atoms with Crippen molar-refractivity contribution in [3.63, 3.8) is 0 Å². The fraction of sp³-hybridized carbons (Fsp3) is 0.316. The van der Waals surface area contributed by atoms with Gasteiger partial charge >= 0.3 is 0 Å². The lowest BCUT2D eigenvalue weighted by molar-refractivity contribution is 0.425. The second kappa shape index (κ2) is 7.30. The summed E-state index contributed by atoms with van der Waals surface area (Å²) in [7, 11) is 6.02. The molecule has 0 aliphatic heterocycles. The predicted molar refractivity (Wildman–Crippen MR) is 105 cm³/mol. The molecule has 1 heterocycles. The third kappa shape index (κ3) is 3.29. The number of hydrogen-bond acceptors (Lipinski definition) is 5. The maximum atomic E-state index is 13.1. The number of benzene rings is 2. The second-order valence-corrected chi connectivity index (χ2v) is 7.22. The average Bonchev–Trinajstić information content (AvgIpc) is 2.57. The van der Waals surface area contributed by atoms with E-state index in [1.165, 1.54) is 5.56 Å². The highest BCUT2D eigenvalue weighted by molar-refractivity contribution is 7.24. The Balaban J connectivity index is 2.20. The number of likely N-dealkylation sites (N-methyl/N-ethyl adjacent to an activating group) is 1. The minimum atomic E-state index is 0.115. The van der Waals surface area contributed by atoms with Crippen LogP contribution in [0.2, 0.25) is 0 Å². The van der Waals surface area contributed by atoms with Crippen molar-refractivity contribution in [2.24, 2.45) is 0 Å². The van der Waals surface area contributed by atoms with Crippen LogP contribution in [0.1, 0.15) is 5.56 Å². The first kappa shape index (κ1) is 16.9. The Labute approximate surface area is 146 Å². The van der Waals surface area contributed by atoms with Gasteiger partial charge in [-0.3, -0.25) is 4.79 Å². The number of hydrogen-bond donors (Lipinski definition) is 2. The van der Waals surface area contributed by atoms with Crippen molar-refractivity contribution in [1.82, 2.24) is 10.2 Å². The lowest BCUT2D eigenvalue weighted by Gasteiger charge is -2.15. The Bertz CT molecular complexity index is 918. The number of nitrogens with one attached hydrogen (secondary N) is 2. The van der Waals surface area contributed by atoms with E-state index in [0.29, 0.717) is 0 Å². The lowest BCUT2D eigenvalue weighted by Crippen LogP contribution is -2.21. The van der Waals surface area contributed by atoms with Gasteiger partial charge in [0.25, 0.3) is 0 Å². The molecule has 1 aromatic heterocycles. The minimum absolute atomic E-state index is 0.115. The summed E-state index contributed by atoms with van der Waals surface area (Å²) in [4.78, 5) is 15.2. The number of anilines is 1. The molecule has 0 amide bonds. The molecule has 0 fully saturated rings. The van der Waals surface area contributed by atoms with Crippen molar-refractivity contribution in [3.05, 3.63) is 52.2 Å². The molecule has 126 valence electrons. The summed E-state index contributed by atoms with van der Waals surface area (Å²) in [5, 5.41) is 8.25. The Morgan fingerprint density at radius 3 is 2.67 bits per heavy atom. The van der Waals surface area contributed by atoms with Crippen molar-refractivity contribution in [3.8, 4) is 0 Å². The second-order valence-electron chi connectivity index (χ2n) is 6.16. The van der Waals surface area contributed by atoms with Gasteiger partial charge in [0, 0.05) is 40.1 Å². The zero-order chi connectivity index (χ0) is 17.1. The van der Waals surface area contributed by atoms with Crippen LogP contribution in [-0.4, -0.2) is 39.1 Å². The van der Waals surface area contributed by atoms with E-state index >= 15 is 0 Å². The smallest absolute Gasteiger partial charge is 0.197 e. The van der Waals surface area contributed by atoms with E-state index in [-0.39, 0.29) is 5.43 Å². The molecule has 0 unspecified atom stereocenters. The first-order valence-electron chi connectivity index (χ1n) is 8.12. The van der Waals surface area contributed by atoms with E-state index in [9.17, 15) is 4.79 Å². The minimum Gasteiger partial charge on any atom is -0.383 e. The van der Waals surface area contributed by atoms with Gasteiger partial charge in [0.1, 0.15) is 0 Å². The molecule has 3 rings (SSSR count). The normalized spacial score (nSPS) is 11.5. The molecule has 0 saturated heterocycles. The zero-order valence-electron chi connectivity index (χ0n) is 14.3. The van der Waals surface area contributed by atoms with Gasteiger partial charge in [-0.05, 0) is 44.9 Å². The standard InChI is InChI=1S/C19H23N3OS/c1-20-12-13-8-9-15(21-10-11-22(2)3)17-18(23)14-6-4-5-7-16(14)24-19(13)17/h4-9,20-21H,10-12H2,1-3H3. The van der Waals surface area contributed by atoms with Crippen molar-refractivity contribution >= 4 is 37.2 Å². The van der Waals surface area contributed by atoms with Gasteiger partial charge in [-0.1, -0.05) is 18.2 Å². The molecule has 4 nitrogen and oxygen atoms in total. The van der Waals surface area contributed by atoms with Crippen LogP contribution in [0.3, 0.4) is 0 Å². The van der Waals surface area contributed by atoms with E-state index in [0.717, 1.165) is 45.5 Å². The van der Waals surface area contributed by atoms with Crippen LogP contribution in [0.15, 0.2) is 41.2 Å². The van der Waals surface area contributed by atoms with E-state index in [1.807, 2.05) is 51.5 Å². The van der Waals surface area contributed by atoms with Gasteiger partial charge in [-0.15, -0.1) is 11.3 Å². The molecule has 0 aliphatic carbocycles. The quantitative estimate of drug-likeness (QED) is 0.676.